The summed E-state index contributed by atoms with van der Waals surface area (Å²) in [6, 6.07) is 13.2. The molecule has 0 heterocycles. The molecule has 5 heteroatoms. The standard InChI is InChI=1S/C15H8Cl3NO/c16-10-6-4-9(5-7-10)15(20)11(8-19)14-12(17)2-1-3-13(14)18/h1-7,11H. The number of carbonyl (C=O) groups is 1. The number of hydrogen-bond acceptors (Lipinski definition) is 2. The molecule has 2 aromatic carbocycles. The Hall–Kier alpha value is -1.53. The number of nitriles is 1. The van der Waals surface area contributed by atoms with Gasteiger partial charge in [-0.25, -0.2) is 0 Å². The van der Waals surface area contributed by atoms with E-state index in [0.29, 0.717) is 26.2 Å². The summed E-state index contributed by atoms with van der Waals surface area (Å²) in [6.45, 7) is 0. The molecule has 0 radical (unpaired) electrons. The molecule has 0 N–H and O–H groups in total. The van der Waals surface area contributed by atoms with Gasteiger partial charge in [0, 0.05) is 26.2 Å². The Morgan fingerprint density at radius 2 is 1.55 bits per heavy atom. The van der Waals surface area contributed by atoms with Crippen molar-refractivity contribution in [2.75, 3.05) is 0 Å². The highest BCUT2D eigenvalue weighted by Gasteiger charge is 2.26. The fraction of sp³-hybridized carbons (Fsp3) is 0.0667. The van der Waals surface area contributed by atoms with Crippen LogP contribution in [0.25, 0.3) is 0 Å². The zero-order chi connectivity index (χ0) is 14.7. The number of benzene rings is 2. The van der Waals surface area contributed by atoms with E-state index in [9.17, 15) is 10.1 Å². The van der Waals surface area contributed by atoms with Gasteiger partial charge in [-0.2, -0.15) is 5.26 Å². The van der Waals surface area contributed by atoms with Gasteiger partial charge in [-0.15, -0.1) is 0 Å². The van der Waals surface area contributed by atoms with E-state index in [1.54, 1.807) is 42.5 Å². The van der Waals surface area contributed by atoms with Gasteiger partial charge in [0.25, 0.3) is 0 Å². The van der Waals surface area contributed by atoms with E-state index in [0.717, 1.165) is 0 Å². The highest BCUT2D eigenvalue weighted by atomic mass is 35.5. The molecule has 0 bridgehead atoms. The highest BCUT2D eigenvalue weighted by molar-refractivity contribution is 6.36. The van der Waals surface area contributed by atoms with Gasteiger partial charge in [0.15, 0.2) is 5.78 Å². The minimum absolute atomic E-state index is 0.298. The van der Waals surface area contributed by atoms with Crippen molar-refractivity contribution in [1.82, 2.24) is 0 Å². The molecule has 0 saturated carbocycles. The fourth-order valence-corrected chi connectivity index (χ4v) is 2.56. The molecule has 0 aliphatic carbocycles. The van der Waals surface area contributed by atoms with Crippen LogP contribution in [0.3, 0.4) is 0 Å². The maximum atomic E-state index is 12.4. The normalized spacial score (nSPS) is 11.7. The highest BCUT2D eigenvalue weighted by Crippen LogP contribution is 2.33. The zero-order valence-electron chi connectivity index (χ0n) is 10.1. The summed E-state index contributed by atoms with van der Waals surface area (Å²) in [6.07, 6.45) is 0. The van der Waals surface area contributed by atoms with Gasteiger partial charge in [-0.05, 0) is 36.4 Å². The predicted molar refractivity (Wildman–Crippen MR) is 80.6 cm³/mol. The maximum Gasteiger partial charge on any atom is 0.184 e. The quantitative estimate of drug-likeness (QED) is 0.734. The lowest BCUT2D eigenvalue weighted by Crippen LogP contribution is -2.12. The van der Waals surface area contributed by atoms with Crippen LogP contribution in [-0.4, -0.2) is 5.78 Å². The molecule has 2 aromatic rings. The van der Waals surface area contributed by atoms with Crippen molar-refractivity contribution < 1.29 is 4.79 Å². The molecular formula is C15H8Cl3NO. The molecule has 1 atom stereocenters. The summed E-state index contributed by atoms with van der Waals surface area (Å²) in [5.74, 6) is -1.41. The van der Waals surface area contributed by atoms with Crippen LogP contribution < -0.4 is 0 Å². The van der Waals surface area contributed by atoms with Crippen LogP contribution in [0, 0.1) is 11.3 Å². The Balaban J connectivity index is 2.46. The van der Waals surface area contributed by atoms with Crippen LogP contribution in [0.1, 0.15) is 21.8 Å². The number of hydrogen-bond donors (Lipinski definition) is 0. The summed E-state index contributed by atoms with van der Waals surface area (Å²) in [4.78, 5) is 12.4. The number of Topliss-reactive ketones (excluding diaryl/α,β-unsaturated/α-hetero) is 1. The van der Waals surface area contributed by atoms with E-state index in [1.165, 1.54) is 0 Å². The second-order valence-corrected chi connectivity index (χ2v) is 5.32. The molecule has 0 saturated heterocycles. The number of carbonyl (C=O) groups excluding carboxylic acids is 1. The SMILES string of the molecule is N#CC(C(=O)c1ccc(Cl)cc1)c1c(Cl)cccc1Cl. The summed E-state index contributed by atoms with van der Waals surface area (Å²) in [5.41, 5.74) is 0.718. The van der Waals surface area contributed by atoms with Crippen LogP contribution in [0.2, 0.25) is 15.1 Å². The first-order valence-electron chi connectivity index (χ1n) is 5.68. The molecule has 20 heavy (non-hydrogen) atoms. The maximum absolute atomic E-state index is 12.4. The minimum Gasteiger partial charge on any atom is -0.292 e. The smallest absolute Gasteiger partial charge is 0.184 e. The summed E-state index contributed by atoms with van der Waals surface area (Å²) in [5, 5.41) is 10.4. The zero-order valence-corrected chi connectivity index (χ0v) is 12.4. The first-order valence-corrected chi connectivity index (χ1v) is 6.81. The molecule has 0 amide bonds. The van der Waals surface area contributed by atoms with E-state index >= 15 is 0 Å². The van der Waals surface area contributed by atoms with Crippen molar-refractivity contribution in [2.24, 2.45) is 0 Å². The molecule has 0 aromatic heterocycles. The van der Waals surface area contributed by atoms with Gasteiger partial charge in [0.2, 0.25) is 0 Å². The van der Waals surface area contributed by atoms with Gasteiger partial charge in [0.1, 0.15) is 5.92 Å². The summed E-state index contributed by atoms with van der Waals surface area (Å²) < 4.78 is 0. The van der Waals surface area contributed by atoms with Crippen molar-refractivity contribution >= 4 is 40.6 Å². The number of ketones is 1. The fourth-order valence-electron chi connectivity index (χ4n) is 1.82. The molecule has 0 fully saturated rings. The summed E-state index contributed by atoms with van der Waals surface area (Å²) in [7, 11) is 0. The second-order valence-electron chi connectivity index (χ2n) is 4.07. The minimum atomic E-state index is -1.04. The van der Waals surface area contributed by atoms with Crippen LogP contribution in [-0.2, 0) is 0 Å². The van der Waals surface area contributed by atoms with E-state index in [-0.39, 0.29) is 5.78 Å². The number of halogens is 3. The van der Waals surface area contributed by atoms with E-state index < -0.39 is 5.92 Å². The van der Waals surface area contributed by atoms with Crippen LogP contribution in [0.15, 0.2) is 42.5 Å². The van der Waals surface area contributed by atoms with E-state index in [4.69, 9.17) is 34.8 Å². The van der Waals surface area contributed by atoms with Gasteiger partial charge in [-0.1, -0.05) is 40.9 Å². The Morgan fingerprint density at radius 3 is 2.05 bits per heavy atom. The van der Waals surface area contributed by atoms with Crippen molar-refractivity contribution in [3.8, 4) is 6.07 Å². The van der Waals surface area contributed by atoms with Crippen LogP contribution in [0.5, 0.6) is 0 Å². The van der Waals surface area contributed by atoms with Crippen LogP contribution in [0.4, 0.5) is 0 Å². The third kappa shape index (κ3) is 2.96. The molecule has 0 aliphatic heterocycles. The van der Waals surface area contributed by atoms with Crippen molar-refractivity contribution in [1.29, 1.82) is 5.26 Å². The Bertz CT molecular complexity index is 669. The van der Waals surface area contributed by atoms with E-state index in [1.807, 2.05) is 6.07 Å². The Labute approximate surface area is 131 Å². The molecular weight excluding hydrogens is 317 g/mol. The molecule has 1 unspecified atom stereocenters. The lowest BCUT2D eigenvalue weighted by atomic mass is 9.92. The van der Waals surface area contributed by atoms with Crippen LogP contribution >= 0.6 is 34.8 Å². The largest absolute Gasteiger partial charge is 0.292 e. The monoisotopic (exact) mass is 323 g/mol. The predicted octanol–water partition coefficient (Wildman–Crippen LogP) is 5.14. The van der Waals surface area contributed by atoms with Gasteiger partial charge in [0.05, 0.1) is 6.07 Å². The molecule has 2 nitrogen and oxygen atoms in total. The lowest BCUT2D eigenvalue weighted by molar-refractivity contribution is 0.0979. The Kier molecular flexibility index (Phi) is 4.67. The topological polar surface area (TPSA) is 40.9 Å². The van der Waals surface area contributed by atoms with Crippen molar-refractivity contribution in [3.63, 3.8) is 0 Å². The first kappa shape index (κ1) is 14.9. The third-order valence-electron chi connectivity index (χ3n) is 2.81. The molecule has 2 rings (SSSR count). The van der Waals surface area contributed by atoms with Gasteiger partial charge >= 0.3 is 0 Å². The van der Waals surface area contributed by atoms with Gasteiger partial charge < -0.3 is 0 Å². The van der Waals surface area contributed by atoms with E-state index in [2.05, 4.69) is 0 Å². The summed E-state index contributed by atoms with van der Waals surface area (Å²) >= 11 is 17.9. The lowest BCUT2D eigenvalue weighted by Gasteiger charge is -2.12. The molecule has 0 aliphatic rings. The van der Waals surface area contributed by atoms with Gasteiger partial charge in [-0.3, -0.25) is 4.79 Å². The molecule has 100 valence electrons. The average molecular weight is 325 g/mol. The average Bonchev–Trinajstić information content (AvgIpc) is 2.43. The van der Waals surface area contributed by atoms with Crippen molar-refractivity contribution in [3.05, 3.63) is 68.7 Å². The Morgan fingerprint density at radius 1 is 1.00 bits per heavy atom. The first-order chi connectivity index (χ1) is 9.54. The number of nitrogens with zero attached hydrogens (tertiary/aromatic N) is 1. The third-order valence-corrected chi connectivity index (χ3v) is 3.72. The second kappa shape index (κ2) is 6.28. The molecule has 0 spiro atoms. The number of rotatable bonds is 3. The van der Waals surface area contributed by atoms with Crippen molar-refractivity contribution in [2.45, 2.75) is 5.92 Å².